The Morgan fingerprint density at radius 3 is 2.52 bits per heavy atom. The lowest BCUT2D eigenvalue weighted by Crippen LogP contribution is -2.54. The van der Waals surface area contributed by atoms with E-state index in [4.69, 9.17) is 0 Å². The minimum atomic E-state index is -2.94. The van der Waals surface area contributed by atoms with E-state index in [9.17, 15) is 8.42 Å². The molecule has 21 heavy (non-hydrogen) atoms. The van der Waals surface area contributed by atoms with E-state index in [1.807, 2.05) is 0 Å². The van der Waals surface area contributed by atoms with Crippen molar-refractivity contribution in [2.75, 3.05) is 25.4 Å². The van der Waals surface area contributed by atoms with E-state index in [1.54, 1.807) is 13.8 Å². The van der Waals surface area contributed by atoms with E-state index in [1.165, 1.54) is 32.1 Å². The summed E-state index contributed by atoms with van der Waals surface area (Å²) in [7, 11) is -2.94. The predicted molar refractivity (Wildman–Crippen MR) is 88.4 cm³/mol. The van der Waals surface area contributed by atoms with Crippen LogP contribution in [0.1, 0.15) is 59.3 Å². The van der Waals surface area contributed by atoms with Gasteiger partial charge in [0.15, 0.2) is 9.84 Å². The Labute approximate surface area is 130 Å². The van der Waals surface area contributed by atoms with Gasteiger partial charge in [-0.2, -0.15) is 0 Å². The van der Waals surface area contributed by atoms with Gasteiger partial charge in [0.1, 0.15) is 0 Å². The molecule has 1 saturated heterocycles. The molecule has 1 heterocycles. The Morgan fingerprint density at radius 2 is 1.90 bits per heavy atom. The summed E-state index contributed by atoms with van der Waals surface area (Å²) in [5.74, 6) is 0.297. The summed E-state index contributed by atoms with van der Waals surface area (Å²) < 4.78 is 24.2. The zero-order chi connectivity index (χ0) is 15.5. The van der Waals surface area contributed by atoms with Gasteiger partial charge in [-0.1, -0.05) is 19.3 Å². The molecule has 5 heteroatoms. The third kappa shape index (κ3) is 4.42. The van der Waals surface area contributed by atoms with Crippen LogP contribution >= 0.6 is 0 Å². The average molecular weight is 317 g/mol. The van der Waals surface area contributed by atoms with Gasteiger partial charge in [0.05, 0.1) is 11.0 Å². The van der Waals surface area contributed by atoms with Crippen molar-refractivity contribution in [3.05, 3.63) is 0 Å². The molecule has 0 bridgehead atoms. The summed E-state index contributed by atoms with van der Waals surface area (Å²) in [5.41, 5.74) is 0.241. The molecule has 1 spiro atoms. The first kappa shape index (κ1) is 17.2. The highest BCUT2D eigenvalue weighted by Crippen LogP contribution is 2.31. The first-order valence-electron chi connectivity index (χ1n) is 8.55. The van der Waals surface area contributed by atoms with Gasteiger partial charge in [-0.3, -0.25) is 4.90 Å². The predicted octanol–water partition coefficient (Wildman–Crippen LogP) is 2.20. The third-order valence-corrected chi connectivity index (χ3v) is 7.57. The van der Waals surface area contributed by atoms with Gasteiger partial charge < -0.3 is 5.32 Å². The quantitative estimate of drug-likeness (QED) is 0.864. The molecule has 2 aliphatic rings. The SMILES string of the molecule is CC1CCNC2(CCCCC2)CN1CCS(=O)(=O)C(C)C. The lowest BCUT2D eigenvalue weighted by Gasteiger charge is -2.41. The normalized spacial score (nSPS) is 27.9. The summed E-state index contributed by atoms with van der Waals surface area (Å²) in [6.07, 6.45) is 7.56. The van der Waals surface area contributed by atoms with Crippen LogP contribution in [-0.2, 0) is 9.84 Å². The van der Waals surface area contributed by atoms with E-state index in [0.29, 0.717) is 18.3 Å². The smallest absolute Gasteiger partial charge is 0.153 e. The van der Waals surface area contributed by atoms with Crippen LogP contribution in [0.2, 0.25) is 0 Å². The van der Waals surface area contributed by atoms with Gasteiger partial charge in [0, 0.05) is 24.7 Å². The van der Waals surface area contributed by atoms with Crippen LogP contribution in [0.15, 0.2) is 0 Å². The monoisotopic (exact) mass is 316 g/mol. The van der Waals surface area contributed by atoms with Crippen molar-refractivity contribution in [1.29, 1.82) is 0 Å². The molecule has 1 saturated carbocycles. The topological polar surface area (TPSA) is 49.4 Å². The Bertz CT molecular complexity index is 428. The lowest BCUT2D eigenvalue weighted by atomic mass is 9.81. The molecule has 1 unspecified atom stereocenters. The van der Waals surface area contributed by atoms with E-state index < -0.39 is 9.84 Å². The van der Waals surface area contributed by atoms with Gasteiger partial charge in [0.25, 0.3) is 0 Å². The van der Waals surface area contributed by atoms with Crippen LogP contribution in [0.5, 0.6) is 0 Å². The van der Waals surface area contributed by atoms with Crippen molar-refractivity contribution < 1.29 is 8.42 Å². The molecule has 2 fully saturated rings. The second-order valence-electron chi connectivity index (χ2n) is 7.29. The summed E-state index contributed by atoms with van der Waals surface area (Å²) in [6.45, 7) is 8.57. The molecule has 1 atom stereocenters. The maximum atomic E-state index is 12.1. The molecule has 1 aliphatic heterocycles. The van der Waals surface area contributed by atoms with Gasteiger partial charge in [0.2, 0.25) is 0 Å². The summed E-state index contributed by atoms with van der Waals surface area (Å²) in [5, 5.41) is 3.52. The van der Waals surface area contributed by atoms with Crippen LogP contribution < -0.4 is 5.32 Å². The highest BCUT2D eigenvalue weighted by Gasteiger charge is 2.37. The molecule has 0 aromatic rings. The molecule has 2 rings (SSSR count). The number of nitrogens with one attached hydrogen (secondary N) is 1. The minimum absolute atomic E-state index is 0.241. The zero-order valence-electron chi connectivity index (χ0n) is 13.9. The second kappa shape index (κ2) is 6.97. The van der Waals surface area contributed by atoms with E-state index >= 15 is 0 Å². The Hall–Kier alpha value is -0.130. The molecule has 4 nitrogen and oxygen atoms in total. The minimum Gasteiger partial charge on any atom is -0.310 e. The van der Waals surface area contributed by atoms with Crippen LogP contribution in [0.4, 0.5) is 0 Å². The van der Waals surface area contributed by atoms with E-state index in [0.717, 1.165) is 19.5 Å². The number of sulfone groups is 1. The zero-order valence-corrected chi connectivity index (χ0v) is 14.7. The Kier molecular flexibility index (Phi) is 5.71. The first-order chi connectivity index (χ1) is 9.85. The van der Waals surface area contributed by atoms with Crippen molar-refractivity contribution in [3.63, 3.8) is 0 Å². The fourth-order valence-electron chi connectivity index (χ4n) is 3.67. The second-order valence-corrected chi connectivity index (χ2v) is 9.97. The molecule has 0 aromatic carbocycles. The summed E-state index contributed by atoms with van der Waals surface area (Å²) in [6, 6.07) is 0.473. The fourth-order valence-corrected chi connectivity index (χ4v) is 4.63. The fraction of sp³-hybridized carbons (Fsp3) is 1.00. The van der Waals surface area contributed by atoms with Crippen molar-refractivity contribution in [2.24, 2.45) is 0 Å². The number of hydrogen-bond acceptors (Lipinski definition) is 4. The lowest BCUT2D eigenvalue weighted by molar-refractivity contribution is 0.144. The van der Waals surface area contributed by atoms with Crippen molar-refractivity contribution >= 4 is 9.84 Å². The van der Waals surface area contributed by atoms with Gasteiger partial charge in [-0.25, -0.2) is 8.42 Å². The molecule has 0 aromatic heterocycles. The summed E-state index contributed by atoms with van der Waals surface area (Å²) in [4.78, 5) is 2.42. The van der Waals surface area contributed by atoms with Crippen LogP contribution in [0.3, 0.4) is 0 Å². The van der Waals surface area contributed by atoms with Gasteiger partial charge >= 0.3 is 0 Å². The molecular weight excluding hydrogens is 284 g/mol. The Balaban J connectivity index is 2.02. The molecule has 1 N–H and O–H groups in total. The van der Waals surface area contributed by atoms with E-state index in [2.05, 4.69) is 17.1 Å². The van der Waals surface area contributed by atoms with Gasteiger partial charge in [-0.15, -0.1) is 0 Å². The third-order valence-electron chi connectivity index (χ3n) is 5.38. The van der Waals surface area contributed by atoms with Crippen molar-refractivity contribution in [1.82, 2.24) is 10.2 Å². The molecule has 124 valence electrons. The maximum Gasteiger partial charge on any atom is 0.153 e. The molecule has 0 amide bonds. The molecule has 1 aliphatic carbocycles. The van der Waals surface area contributed by atoms with Gasteiger partial charge in [-0.05, 0) is 46.6 Å². The van der Waals surface area contributed by atoms with Crippen LogP contribution in [0.25, 0.3) is 0 Å². The van der Waals surface area contributed by atoms with E-state index in [-0.39, 0.29) is 10.8 Å². The number of hydrogen-bond donors (Lipinski definition) is 1. The number of nitrogens with zero attached hydrogens (tertiary/aromatic N) is 1. The maximum absolute atomic E-state index is 12.1. The summed E-state index contributed by atoms with van der Waals surface area (Å²) >= 11 is 0. The standard InChI is InChI=1S/C16H32N2O2S/c1-14(2)21(19,20)12-11-18-13-16(8-5-4-6-9-16)17-10-7-15(18)3/h14-15,17H,4-13H2,1-3H3. The van der Waals surface area contributed by atoms with Crippen LogP contribution in [-0.4, -0.2) is 55.5 Å². The highest BCUT2D eigenvalue weighted by molar-refractivity contribution is 7.92. The Morgan fingerprint density at radius 1 is 1.24 bits per heavy atom. The highest BCUT2D eigenvalue weighted by atomic mass is 32.2. The molecule has 0 radical (unpaired) electrons. The van der Waals surface area contributed by atoms with Crippen molar-refractivity contribution in [3.8, 4) is 0 Å². The first-order valence-corrected chi connectivity index (χ1v) is 10.3. The number of rotatable bonds is 4. The molecular formula is C16H32N2O2S. The largest absolute Gasteiger partial charge is 0.310 e. The van der Waals surface area contributed by atoms with Crippen molar-refractivity contribution in [2.45, 2.75) is 76.1 Å². The van der Waals surface area contributed by atoms with Crippen LogP contribution in [0, 0.1) is 0 Å². The average Bonchev–Trinajstić information content (AvgIpc) is 2.57.